The predicted molar refractivity (Wildman–Crippen MR) is 108 cm³/mol. The molecule has 0 N–H and O–H groups in total. The highest BCUT2D eigenvalue weighted by Gasteiger charge is 2.47. The van der Waals surface area contributed by atoms with Crippen molar-refractivity contribution in [2.75, 3.05) is 32.8 Å². The molecule has 0 bridgehead atoms. The first-order valence-electron chi connectivity index (χ1n) is 10.6. The van der Waals surface area contributed by atoms with Crippen LogP contribution in [0, 0.1) is 5.92 Å². The maximum absolute atomic E-state index is 12.8. The Labute approximate surface area is 164 Å². The number of carbonyl (C=O) groups excluding carboxylic acids is 1. The molecular weight excluding hydrogens is 338 g/mol. The lowest BCUT2D eigenvalue weighted by atomic mass is 9.74. The number of morpholine rings is 1. The van der Waals surface area contributed by atoms with Gasteiger partial charge in [-0.15, -0.1) is 0 Å². The van der Waals surface area contributed by atoms with Crippen molar-refractivity contribution in [2.24, 2.45) is 5.92 Å². The smallest absolute Gasteiger partial charge is 0.225 e. The highest BCUT2D eigenvalue weighted by molar-refractivity contribution is 5.76. The Morgan fingerprint density at radius 1 is 1.41 bits per heavy atom. The van der Waals surface area contributed by atoms with Gasteiger partial charge in [0.25, 0.3) is 0 Å². The van der Waals surface area contributed by atoms with Crippen molar-refractivity contribution in [3.05, 3.63) is 30.1 Å². The Kier molecular flexibility index (Phi) is 6.88. The van der Waals surface area contributed by atoms with Crippen LogP contribution in [0.25, 0.3) is 0 Å². The molecule has 1 aliphatic heterocycles. The molecule has 3 rings (SSSR count). The van der Waals surface area contributed by atoms with E-state index < -0.39 is 0 Å². The summed E-state index contributed by atoms with van der Waals surface area (Å²) in [6.45, 7) is 10.8. The van der Waals surface area contributed by atoms with E-state index in [9.17, 15) is 4.79 Å². The Balaban J connectivity index is 1.52. The van der Waals surface area contributed by atoms with E-state index in [1.807, 2.05) is 36.2 Å². The van der Waals surface area contributed by atoms with E-state index in [2.05, 4.69) is 23.7 Å². The molecule has 2 fully saturated rings. The molecule has 2 heterocycles. The summed E-state index contributed by atoms with van der Waals surface area (Å²) in [5.74, 6) is 0.843. The Morgan fingerprint density at radius 2 is 2.22 bits per heavy atom. The fourth-order valence-corrected chi connectivity index (χ4v) is 4.31. The molecule has 1 aromatic heterocycles. The van der Waals surface area contributed by atoms with Gasteiger partial charge in [-0.25, -0.2) is 0 Å². The molecule has 1 saturated carbocycles. The Bertz CT molecular complexity index is 601. The maximum Gasteiger partial charge on any atom is 0.225 e. The average molecular weight is 374 g/mol. The molecule has 1 unspecified atom stereocenters. The molecule has 1 spiro atoms. The minimum Gasteiger partial charge on any atom is -0.374 e. The number of hydrogen-bond acceptors (Lipinski definition) is 4. The first kappa shape index (κ1) is 20.3. The number of amides is 1. The van der Waals surface area contributed by atoms with Gasteiger partial charge in [-0.3, -0.25) is 14.7 Å². The zero-order valence-corrected chi connectivity index (χ0v) is 17.2. The number of hydrogen-bond donors (Lipinski definition) is 0. The van der Waals surface area contributed by atoms with Gasteiger partial charge in [0, 0.05) is 50.0 Å². The van der Waals surface area contributed by atoms with Crippen LogP contribution < -0.4 is 0 Å². The van der Waals surface area contributed by atoms with Crippen molar-refractivity contribution in [1.29, 1.82) is 0 Å². The van der Waals surface area contributed by atoms with E-state index in [1.54, 1.807) is 0 Å². The van der Waals surface area contributed by atoms with Crippen molar-refractivity contribution < 1.29 is 9.53 Å². The van der Waals surface area contributed by atoms with Gasteiger partial charge in [-0.1, -0.05) is 19.9 Å². The molecular formula is C22H35N3O2. The monoisotopic (exact) mass is 373 g/mol. The van der Waals surface area contributed by atoms with E-state index in [-0.39, 0.29) is 17.6 Å². The number of ether oxygens (including phenoxy) is 1. The molecule has 5 heteroatoms. The number of rotatable bonds is 8. The van der Waals surface area contributed by atoms with Gasteiger partial charge < -0.3 is 9.64 Å². The van der Waals surface area contributed by atoms with Crippen LogP contribution >= 0.6 is 0 Å². The third-order valence-corrected chi connectivity index (χ3v) is 6.05. The van der Waals surface area contributed by atoms with Gasteiger partial charge in [0.05, 0.1) is 19.1 Å². The van der Waals surface area contributed by atoms with Crippen LogP contribution in [0.5, 0.6) is 0 Å². The topological polar surface area (TPSA) is 45.7 Å². The van der Waals surface area contributed by atoms with Gasteiger partial charge in [0.15, 0.2) is 0 Å². The van der Waals surface area contributed by atoms with Crippen molar-refractivity contribution in [3.8, 4) is 0 Å². The summed E-state index contributed by atoms with van der Waals surface area (Å²) in [5.41, 5.74) is 1.29. The quantitative estimate of drug-likeness (QED) is 0.702. The third kappa shape index (κ3) is 5.08. The summed E-state index contributed by atoms with van der Waals surface area (Å²) in [6.07, 6.45) is 6.90. The fourth-order valence-electron chi connectivity index (χ4n) is 4.31. The van der Waals surface area contributed by atoms with Crippen LogP contribution in [-0.2, 0) is 16.0 Å². The molecule has 1 aliphatic carbocycles. The van der Waals surface area contributed by atoms with Crippen molar-refractivity contribution >= 4 is 5.91 Å². The molecule has 1 amide bonds. The molecule has 0 radical (unpaired) electrons. The standard InChI is InChI=1S/C22H35N3O2/c1-4-24(13-9-19-8-5-6-12-23-19)21(26)14-20-16-25(15-18(2)3)22(17-27-20)10-7-11-22/h5-6,8,12,18,20H,4,7,9-11,13-17H2,1-3H3. The highest BCUT2D eigenvalue weighted by Crippen LogP contribution is 2.41. The first-order chi connectivity index (χ1) is 13.0. The van der Waals surface area contributed by atoms with Gasteiger partial charge in [0.1, 0.15) is 0 Å². The molecule has 5 nitrogen and oxygen atoms in total. The van der Waals surface area contributed by atoms with Crippen LogP contribution in [0.4, 0.5) is 0 Å². The predicted octanol–water partition coefficient (Wildman–Crippen LogP) is 3.14. The van der Waals surface area contributed by atoms with E-state index in [1.165, 1.54) is 19.3 Å². The highest BCUT2D eigenvalue weighted by atomic mass is 16.5. The minimum absolute atomic E-state index is 0.0198. The van der Waals surface area contributed by atoms with Crippen LogP contribution in [-0.4, -0.2) is 65.1 Å². The number of likely N-dealkylation sites (N-methyl/N-ethyl adjacent to an activating group) is 1. The maximum atomic E-state index is 12.8. The van der Waals surface area contributed by atoms with Crippen molar-refractivity contribution in [2.45, 2.75) is 64.5 Å². The lowest BCUT2D eigenvalue weighted by molar-refractivity contribution is -0.157. The molecule has 1 aromatic rings. The van der Waals surface area contributed by atoms with Gasteiger partial charge in [0.2, 0.25) is 5.91 Å². The van der Waals surface area contributed by atoms with E-state index in [0.717, 1.165) is 44.9 Å². The average Bonchev–Trinajstić information content (AvgIpc) is 2.61. The summed E-state index contributed by atoms with van der Waals surface area (Å²) in [5, 5.41) is 0. The first-order valence-corrected chi connectivity index (χ1v) is 10.6. The second kappa shape index (κ2) is 9.16. The minimum atomic E-state index is 0.0198. The van der Waals surface area contributed by atoms with E-state index in [0.29, 0.717) is 12.3 Å². The lowest BCUT2D eigenvalue weighted by Crippen LogP contribution is -2.64. The summed E-state index contributed by atoms with van der Waals surface area (Å²) < 4.78 is 6.17. The Hall–Kier alpha value is -1.46. The molecule has 27 heavy (non-hydrogen) atoms. The number of pyridine rings is 1. The Morgan fingerprint density at radius 3 is 2.81 bits per heavy atom. The SMILES string of the molecule is CCN(CCc1ccccn1)C(=O)CC1CN(CC(C)C)C2(CCC2)CO1. The van der Waals surface area contributed by atoms with Gasteiger partial charge >= 0.3 is 0 Å². The van der Waals surface area contributed by atoms with Crippen LogP contribution in [0.3, 0.4) is 0 Å². The molecule has 1 saturated heterocycles. The van der Waals surface area contributed by atoms with Gasteiger partial charge in [-0.2, -0.15) is 0 Å². The van der Waals surface area contributed by atoms with Crippen LogP contribution in [0.1, 0.15) is 52.1 Å². The summed E-state index contributed by atoms with van der Waals surface area (Å²) >= 11 is 0. The van der Waals surface area contributed by atoms with E-state index >= 15 is 0 Å². The van der Waals surface area contributed by atoms with E-state index in [4.69, 9.17) is 4.74 Å². The van der Waals surface area contributed by atoms with Crippen LogP contribution in [0.15, 0.2) is 24.4 Å². The zero-order chi connectivity index (χ0) is 19.3. The van der Waals surface area contributed by atoms with Gasteiger partial charge in [-0.05, 0) is 44.2 Å². The second-order valence-electron chi connectivity index (χ2n) is 8.56. The normalized spacial score (nSPS) is 22.0. The lowest BCUT2D eigenvalue weighted by Gasteiger charge is -2.55. The van der Waals surface area contributed by atoms with Crippen molar-refractivity contribution in [3.63, 3.8) is 0 Å². The largest absolute Gasteiger partial charge is 0.374 e. The summed E-state index contributed by atoms with van der Waals surface area (Å²) in [4.78, 5) is 21.8. The third-order valence-electron chi connectivity index (χ3n) is 6.05. The molecule has 150 valence electrons. The zero-order valence-electron chi connectivity index (χ0n) is 17.2. The number of aromatic nitrogens is 1. The number of nitrogens with zero attached hydrogens (tertiary/aromatic N) is 3. The molecule has 2 aliphatic rings. The molecule has 1 atom stereocenters. The number of carbonyl (C=O) groups is 1. The fraction of sp³-hybridized carbons (Fsp3) is 0.727. The summed E-state index contributed by atoms with van der Waals surface area (Å²) in [6, 6.07) is 5.94. The van der Waals surface area contributed by atoms with Crippen molar-refractivity contribution in [1.82, 2.24) is 14.8 Å². The summed E-state index contributed by atoms with van der Waals surface area (Å²) in [7, 11) is 0. The van der Waals surface area contributed by atoms with Crippen LogP contribution in [0.2, 0.25) is 0 Å². The molecule has 0 aromatic carbocycles. The second-order valence-corrected chi connectivity index (χ2v) is 8.56.